The van der Waals surface area contributed by atoms with Crippen LogP contribution in [0.15, 0.2) is 71.0 Å². The van der Waals surface area contributed by atoms with Crippen LogP contribution in [0.5, 0.6) is 5.75 Å². The molecule has 0 bridgehead atoms. The number of aromatic nitrogens is 1. The maximum atomic E-state index is 6.14. The summed E-state index contributed by atoms with van der Waals surface area (Å²) in [5, 5.41) is 0. The second-order valence-corrected chi connectivity index (χ2v) is 8.26. The number of allylic oxidation sites excluding steroid dienone is 2. The Kier molecular flexibility index (Phi) is 10.6. The zero-order valence-electron chi connectivity index (χ0n) is 21.8. The van der Waals surface area contributed by atoms with E-state index in [0.29, 0.717) is 65.9 Å². The molecule has 1 aliphatic heterocycles. The number of anilines is 1. The predicted octanol–water partition coefficient (Wildman–Crippen LogP) is 4.58. The van der Waals surface area contributed by atoms with E-state index in [0.717, 1.165) is 34.3 Å². The van der Waals surface area contributed by atoms with Gasteiger partial charge in [-0.15, -0.1) is 0 Å². The Bertz CT molecular complexity index is 1170. The average Bonchev–Trinajstić information content (AvgIpc) is 3.45. The van der Waals surface area contributed by atoms with Crippen LogP contribution in [0.4, 0.5) is 5.69 Å². The fraction of sp³-hybridized carbons (Fsp3) is 0.414. The molecular weight excluding hydrogens is 472 g/mol. The van der Waals surface area contributed by atoms with E-state index in [4.69, 9.17) is 28.1 Å². The lowest BCUT2D eigenvalue weighted by Gasteiger charge is -2.18. The van der Waals surface area contributed by atoms with Gasteiger partial charge >= 0.3 is 5.89 Å². The molecule has 2 aromatic carbocycles. The van der Waals surface area contributed by atoms with Crippen molar-refractivity contribution in [1.29, 1.82) is 0 Å². The third-order valence-electron chi connectivity index (χ3n) is 5.82. The molecule has 0 fully saturated rings. The highest BCUT2D eigenvalue weighted by atomic mass is 16.5. The zero-order valence-corrected chi connectivity index (χ0v) is 21.8. The summed E-state index contributed by atoms with van der Waals surface area (Å²) < 4.78 is 36.6. The molecule has 0 aliphatic carbocycles. The predicted molar refractivity (Wildman–Crippen MR) is 143 cm³/mol. The smallest absolute Gasteiger partial charge is 0.374 e. The van der Waals surface area contributed by atoms with Crippen LogP contribution in [-0.4, -0.2) is 59.4 Å². The van der Waals surface area contributed by atoms with Crippen LogP contribution in [0.25, 0.3) is 17.2 Å². The molecule has 8 heteroatoms. The van der Waals surface area contributed by atoms with E-state index >= 15 is 0 Å². The molecule has 2 heterocycles. The molecule has 0 radical (unpaired) electrons. The highest BCUT2D eigenvalue weighted by molar-refractivity contribution is 5.70. The van der Waals surface area contributed by atoms with Gasteiger partial charge in [-0.25, -0.2) is 0 Å². The van der Waals surface area contributed by atoms with Crippen LogP contribution >= 0.6 is 0 Å². The van der Waals surface area contributed by atoms with Crippen molar-refractivity contribution in [2.45, 2.75) is 20.4 Å². The first-order valence-electron chi connectivity index (χ1n) is 13.0. The molecule has 0 saturated carbocycles. The number of para-hydroxylation sites is 4. The van der Waals surface area contributed by atoms with Crippen LogP contribution in [-0.2, 0) is 25.5 Å². The van der Waals surface area contributed by atoms with Gasteiger partial charge in [0.15, 0.2) is 12.3 Å². The molecular formula is C29H37N2O6+. The summed E-state index contributed by atoms with van der Waals surface area (Å²) in [7, 11) is 0. The lowest BCUT2D eigenvalue weighted by Crippen LogP contribution is -2.37. The molecule has 3 aromatic rings. The number of hydrogen-bond acceptors (Lipinski definition) is 7. The minimum Gasteiger partial charge on any atom is -0.439 e. The van der Waals surface area contributed by atoms with Gasteiger partial charge < -0.3 is 33.0 Å². The van der Waals surface area contributed by atoms with Gasteiger partial charge in [0, 0.05) is 25.8 Å². The average molecular weight is 510 g/mol. The quantitative estimate of drug-likeness (QED) is 0.207. The summed E-state index contributed by atoms with van der Waals surface area (Å²) >= 11 is 0. The molecule has 0 saturated heterocycles. The van der Waals surface area contributed by atoms with Crippen molar-refractivity contribution in [3.8, 4) is 5.75 Å². The van der Waals surface area contributed by atoms with Gasteiger partial charge in [-0.3, -0.25) is 0 Å². The number of nitrogens with zero attached hydrogens (tertiary/aromatic N) is 2. The van der Waals surface area contributed by atoms with Crippen molar-refractivity contribution < 1.29 is 32.7 Å². The Balaban J connectivity index is 1.44. The Hall–Kier alpha value is -3.17. The van der Waals surface area contributed by atoms with Crippen LogP contribution in [0, 0.1) is 0 Å². The Morgan fingerprint density at radius 1 is 0.811 bits per heavy atom. The highest BCUT2D eigenvalue weighted by Gasteiger charge is 2.25. The van der Waals surface area contributed by atoms with Gasteiger partial charge in [0.1, 0.15) is 6.61 Å². The van der Waals surface area contributed by atoms with E-state index in [9.17, 15) is 0 Å². The summed E-state index contributed by atoms with van der Waals surface area (Å²) in [4.78, 5) is 2.12. The molecule has 8 nitrogen and oxygen atoms in total. The van der Waals surface area contributed by atoms with E-state index in [1.165, 1.54) is 0 Å². The van der Waals surface area contributed by atoms with Gasteiger partial charge in [0.05, 0.1) is 44.8 Å². The first kappa shape index (κ1) is 26.9. The topological polar surface area (TPSA) is 66.4 Å². The fourth-order valence-corrected chi connectivity index (χ4v) is 4.07. The Morgan fingerprint density at radius 2 is 1.51 bits per heavy atom. The maximum absolute atomic E-state index is 6.14. The number of benzene rings is 2. The van der Waals surface area contributed by atoms with Crippen molar-refractivity contribution in [2.24, 2.45) is 0 Å². The van der Waals surface area contributed by atoms with Crippen molar-refractivity contribution in [2.75, 3.05) is 64.3 Å². The molecule has 0 spiro atoms. The summed E-state index contributed by atoms with van der Waals surface area (Å²) in [5.74, 6) is 2.32. The molecule has 4 rings (SSSR count). The lowest BCUT2D eigenvalue weighted by molar-refractivity contribution is -0.679. The minimum atomic E-state index is 0.568. The lowest BCUT2D eigenvalue weighted by atomic mass is 10.3. The van der Waals surface area contributed by atoms with Gasteiger partial charge in [-0.05, 0) is 44.2 Å². The third kappa shape index (κ3) is 7.42. The second-order valence-electron chi connectivity index (χ2n) is 8.26. The van der Waals surface area contributed by atoms with Crippen molar-refractivity contribution in [3.63, 3.8) is 0 Å². The van der Waals surface area contributed by atoms with E-state index < -0.39 is 0 Å². The van der Waals surface area contributed by atoms with E-state index in [2.05, 4.69) is 21.6 Å². The first-order valence-corrected chi connectivity index (χ1v) is 13.0. The van der Waals surface area contributed by atoms with Crippen molar-refractivity contribution in [3.05, 3.63) is 72.5 Å². The number of oxazole rings is 1. The SMILES string of the molecule is CCOCCOCCN1/C(=C/C=C/c2oc3ccccc3[n+]2CCOCCOCC)Oc2ccccc21. The zero-order chi connectivity index (χ0) is 25.7. The molecule has 1 aromatic heterocycles. The van der Waals surface area contributed by atoms with Crippen molar-refractivity contribution >= 4 is 22.9 Å². The summed E-state index contributed by atoms with van der Waals surface area (Å²) in [6.45, 7) is 10.2. The molecule has 198 valence electrons. The summed E-state index contributed by atoms with van der Waals surface area (Å²) in [6, 6.07) is 16.0. The summed E-state index contributed by atoms with van der Waals surface area (Å²) in [6.07, 6.45) is 5.86. The standard InChI is InChI=1S/C29H37N2O6/c1-3-32-20-22-34-18-16-30-24-10-5-7-12-26(24)36-28(30)14-9-15-29-31(17-19-35-23-21-33-4-2)25-11-6-8-13-27(25)37-29/h5-15H,3-4,16-23H2,1-2H3/q+1. The largest absolute Gasteiger partial charge is 0.439 e. The molecule has 0 atom stereocenters. The van der Waals surface area contributed by atoms with Gasteiger partial charge in [-0.2, -0.15) is 4.57 Å². The first-order chi connectivity index (χ1) is 18.3. The normalized spacial score (nSPS) is 14.2. The van der Waals surface area contributed by atoms with Crippen LogP contribution in [0.3, 0.4) is 0 Å². The van der Waals surface area contributed by atoms with E-state index in [1.807, 2.05) is 68.5 Å². The van der Waals surface area contributed by atoms with Gasteiger partial charge in [-0.1, -0.05) is 24.3 Å². The molecule has 0 amide bonds. The van der Waals surface area contributed by atoms with Gasteiger partial charge in [0.2, 0.25) is 11.5 Å². The van der Waals surface area contributed by atoms with Crippen LogP contribution in [0.2, 0.25) is 0 Å². The van der Waals surface area contributed by atoms with Crippen LogP contribution < -0.4 is 14.2 Å². The van der Waals surface area contributed by atoms with Crippen LogP contribution in [0.1, 0.15) is 19.7 Å². The Morgan fingerprint density at radius 3 is 2.32 bits per heavy atom. The molecule has 37 heavy (non-hydrogen) atoms. The highest BCUT2D eigenvalue weighted by Crippen LogP contribution is 2.38. The number of fused-ring (bicyclic) bond motifs is 2. The molecule has 0 unspecified atom stereocenters. The number of hydrogen-bond donors (Lipinski definition) is 0. The van der Waals surface area contributed by atoms with Crippen molar-refractivity contribution in [1.82, 2.24) is 0 Å². The minimum absolute atomic E-state index is 0.568. The van der Waals surface area contributed by atoms with E-state index in [1.54, 1.807) is 0 Å². The fourth-order valence-electron chi connectivity index (χ4n) is 4.07. The monoisotopic (exact) mass is 509 g/mol. The summed E-state index contributed by atoms with van der Waals surface area (Å²) in [5.41, 5.74) is 2.89. The molecule has 1 aliphatic rings. The number of ether oxygens (including phenoxy) is 5. The third-order valence-corrected chi connectivity index (χ3v) is 5.82. The second kappa shape index (κ2) is 14.5. The van der Waals surface area contributed by atoms with Gasteiger partial charge in [0.25, 0.3) is 5.52 Å². The van der Waals surface area contributed by atoms with E-state index in [-0.39, 0.29) is 0 Å². The maximum Gasteiger partial charge on any atom is 0.374 e. The Labute approximate surface area is 218 Å². The molecule has 0 N–H and O–H groups in total. The number of rotatable bonds is 16.